The second-order valence-corrected chi connectivity index (χ2v) is 10.5. The highest BCUT2D eigenvalue weighted by Gasteiger charge is 2.29. The SMILES string of the molecule is CCCCCc1nc(NCc2ccc(OC)cc2)c([N+](=O)[O-])c(NCC2CCOCC2)c1Cc1ccc(OC)cc1. The van der Waals surface area contributed by atoms with Crippen LogP contribution in [0.4, 0.5) is 17.2 Å². The van der Waals surface area contributed by atoms with Crippen molar-refractivity contribution in [2.75, 3.05) is 44.6 Å². The van der Waals surface area contributed by atoms with Crippen molar-refractivity contribution in [3.63, 3.8) is 0 Å². The van der Waals surface area contributed by atoms with Gasteiger partial charge in [-0.3, -0.25) is 10.1 Å². The molecule has 2 heterocycles. The zero-order chi connectivity index (χ0) is 29.0. The van der Waals surface area contributed by atoms with E-state index in [9.17, 15) is 10.1 Å². The van der Waals surface area contributed by atoms with Crippen LogP contribution in [0.25, 0.3) is 0 Å². The summed E-state index contributed by atoms with van der Waals surface area (Å²) in [6, 6.07) is 15.5. The first-order valence-corrected chi connectivity index (χ1v) is 14.5. The number of methoxy groups -OCH3 is 2. The average molecular weight is 563 g/mol. The number of ether oxygens (including phenoxy) is 3. The quantitative estimate of drug-likeness (QED) is 0.119. The monoisotopic (exact) mass is 562 g/mol. The minimum atomic E-state index is -0.303. The number of nitro groups is 1. The number of pyridine rings is 1. The maximum Gasteiger partial charge on any atom is 0.334 e. The predicted octanol–water partition coefficient (Wildman–Crippen LogP) is 6.78. The third kappa shape index (κ3) is 8.33. The molecule has 220 valence electrons. The first-order chi connectivity index (χ1) is 20.0. The van der Waals surface area contributed by atoms with Crippen molar-refractivity contribution in [1.29, 1.82) is 0 Å². The van der Waals surface area contributed by atoms with E-state index >= 15 is 0 Å². The summed E-state index contributed by atoms with van der Waals surface area (Å²) in [6.07, 6.45) is 6.28. The number of rotatable bonds is 15. The molecule has 1 fully saturated rings. The Labute approximate surface area is 242 Å². The molecule has 9 nitrogen and oxygen atoms in total. The van der Waals surface area contributed by atoms with Gasteiger partial charge in [-0.15, -0.1) is 0 Å². The zero-order valence-electron chi connectivity index (χ0n) is 24.4. The molecule has 2 N–H and O–H groups in total. The van der Waals surface area contributed by atoms with E-state index in [1.54, 1.807) is 14.2 Å². The van der Waals surface area contributed by atoms with Crippen LogP contribution in [-0.2, 0) is 24.1 Å². The van der Waals surface area contributed by atoms with Crippen LogP contribution in [0.1, 0.15) is 61.4 Å². The largest absolute Gasteiger partial charge is 0.497 e. The van der Waals surface area contributed by atoms with Gasteiger partial charge in [0.2, 0.25) is 5.82 Å². The maximum atomic E-state index is 12.7. The molecular formula is C32H42N4O5. The second-order valence-electron chi connectivity index (χ2n) is 10.5. The predicted molar refractivity (Wildman–Crippen MR) is 162 cm³/mol. The van der Waals surface area contributed by atoms with E-state index in [0.717, 1.165) is 85.6 Å². The Morgan fingerprint density at radius 3 is 2.17 bits per heavy atom. The molecule has 1 aromatic heterocycles. The van der Waals surface area contributed by atoms with E-state index in [1.165, 1.54) is 0 Å². The van der Waals surface area contributed by atoms with Crippen LogP contribution < -0.4 is 20.1 Å². The molecular weight excluding hydrogens is 520 g/mol. The number of aromatic nitrogens is 1. The molecule has 1 aliphatic heterocycles. The van der Waals surface area contributed by atoms with E-state index in [-0.39, 0.29) is 10.6 Å². The number of aryl methyl sites for hydroxylation is 1. The minimum Gasteiger partial charge on any atom is -0.497 e. The van der Waals surface area contributed by atoms with Crippen LogP contribution in [0.3, 0.4) is 0 Å². The fourth-order valence-corrected chi connectivity index (χ4v) is 5.17. The topological polar surface area (TPSA) is 108 Å². The molecule has 1 saturated heterocycles. The van der Waals surface area contributed by atoms with Crippen molar-refractivity contribution in [1.82, 2.24) is 4.98 Å². The third-order valence-corrected chi connectivity index (χ3v) is 7.63. The minimum absolute atomic E-state index is 0.00618. The Hall–Kier alpha value is -3.85. The Morgan fingerprint density at radius 2 is 1.59 bits per heavy atom. The summed E-state index contributed by atoms with van der Waals surface area (Å²) >= 11 is 0. The van der Waals surface area contributed by atoms with Gasteiger partial charge in [-0.25, -0.2) is 4.98 Å². The van der Waals surface area contributed by atoms with Gasteiger partial charge < -0.3 is 24.8 Å². The number of nitrogens with one attached hydrogen (secondary N) is 2. The smallest absolute Gasteiger partial charge is 0.334 e. The van der Waals surface area contributed by atoms with Gasteiger partial charge in [0, 0.05) is 44.0 Å². The molecule has 4 rings (SSSR count). The summed E-state index contributed by atoms with van der Waals surface area (Å²) in [6.45, 7) is 4.67. The summed E-state index contributed by atoms with van der Waals surface area (Å²) in [4.78, 5) is 17.3. The summed E-state index contributed by atoms with van der Waals surface area (Å²) in [5.41, 5.74) is 4.37. The number of unbranched alkanes of at least 4 members (excludes halogenated alkanes) is 2. The van der Waals surface area contributed by atoms with Crippen LogP contribution in [-0.4, -0.2) is 43.9 Å². The maximum absolute atomic E-state index is 12.7. The van der Waals surface area contributed by atoms with Crippen LogP contribution >= 0.6 is 0 Å². The molecule has 41 heavy (non-hydrogen) atoms. The molecule has 3 aromatic rings. The molecule has 0 aliphatic carbocycles. The van der Waals surface area contributed by atoms with Crippen LogP contribution in [0.15, 0.2) is 48.5 Å². The number of anilines is 2. The van der Waals surface area contributed by atoms with Crippen molar-refractivity contribution in [2.45, 2.75) is 58.4 Å². The molecule has 1 aliphatic rings. The molecule has 0 atom stereocenters. The first-order valence-electron chi connectivity index (χ1n) is 14.5. The van der Waals surface area contributed by atoms with Crippen molar-refractivity contribution in [2.24, 2.45) is 5.92 Å². The molecule has 0 saturated carbocycles. The van der Waals surface area contributed by atoms with Crippen LogP contribution in [0, 0.1) is 16.0 Å². The highest BCUT2D eigenvalue weighted by Crippen LogP contribution is 2.39. The highest BCUT2D eigenvalue weighted by molar-refractivity contribution is 5.78. The lowest BCUT2D eigenvalue weighted by molar-refractivity contribution is -0.383. The normalized spacial score (nSPS) is 13.5. The highest BCUT2D eigenvalue weighted by atomic mass is 16.6. The summed E-state index contributed by atoms with van der Waals surface area (Å²) in [5, 5.41) is 19.5. The van der Waals surface area contributed by atoms with Crippen molar-refractivity contribution >= 4 is 17.2 Å². The Bertz CT molecular complexity index is 1260. The van der Waals surface area contributed by atoms with Gasteiger partial charge >= 0.3 is 5.69 Å². The van der Waals surface area contributed by atoms with Crippen LogP contribution in [0.5, 0.6) is 11.5 Å². The summed E-state index contributed by atoms with van der Waals surface area (Å²) in [7, 11) is 3.27. The standard InChI is InChI=1S/C32H42N4O5/c1-4-5-6-7-29-28(20-23-8-12-26(39-2)13-9-23)30(33-21-25-16-18-41-19-17-25)31(36(37)38)32(35-29)34-22-24-10-14-27(40-3)15-11-24/h8-15,25H,4-7,16-22H2,1-3H3,(H2,33,34,35). The summed E-state index contributed by atoms with van der Waals surface area (Å²) in [5.74, 6) is 2.23. The lowest BCUT2D eigenvalue weighted by Crippen LogP contribution is -2.24. The first kappa shape index (κ1) is 30.1. The van der Waals surface area contributed by atoms with E-state index in [0.29, 0.717) is 36.9 Å². The Morgan fingerprint density at radius 1 is 0.951 bits per heavy atom. The average Bonchev–Trinajstić information content (AvgIpc) is 3.01. The van der Waals surface area contributed by atoms with Crippen molar-refractivity contribution in [3.8, 4) is 11.5 Å². The van der Waals surface area contributed by atoms with E-state index in [4.69, 9.17) is 19.2 Å². The number of nitrogens with zero attached hydrogens (tertiary/aromatic N) is 2. The van der Waals surface area contributed by atoms with Gasteiger partial charge in [-0.2, -0.15) is 0 Å². The lowest BCUT2D eigenvalue weighted by atomic mass is 9.96. The van der Waals surface area contributed by atoms with Gasteiger partial charge in [0.25, 0.3) is 0 Å². The van der Waals surface area contributed by atoms with E-state index < -0.39 is 0 Å². The van der Waals surface area contributed by atoms with Crippen LogP contribution in [0.2, 0.25) is 0 Å². The number of hydrogen-bond donors (Lipinski definition) is 2. The van der Waals surface area contributed by atoms with Gasteiger partial charge in [0.05, 0.1) is 19.1 Å². The fourth-order valence-electron chi connectivity index (χ4n) is 5.17. The zero-order valence-corrected chi connectivity index (χ0v) is 24.4. The fraction of sp³-hybridized carbons (Fsp3) is 0.469. The van der Waals surface area contributed by atoms with E-state index in [2.05, 4.69) is 17.6 Å². The summed E-state index contributed by atoms with van der Waals surface area (Å²) < 4.78 is 16.2. The lowest BCUT2D eigenvalue weighted by Gasteiger charge is -2.24. The third-order valence-electron chi connectivity index (χ3n) is 7.63. The Kier molecular flexibility index (Phi) is 11.2. The van der Waals surface area contributed by atoms with Gasteiger partial charge in [-0.1, -0.05) is 44.0 Å². The molecule has 0 unspecified atom stereocenters. The van der Waals surface area contributed by atoms with Crippen molar-refractivity contribution in [3.05, 3.63) is 81.0 Å². The molecule has 0 spiro atoms. The molecule has 0 radical (unpaired) electrons. The molecule has 2 aromatic carbocycles. The Balaban J connectivity index is 1.75. The number of benzene rings is 2. The second kappa shape index (κ2) is 15.2. The van der Waals surface area contributed by atoms with Gasteiger partial charge in [0.15, 0.2) is 0 Å². The van der Waals surface area contributed by atoms with E-state index in [1.807, 2.05) is 48.5 Å². The molecule has 9 heteroatoms. The molecule has 0 bridgehead atoms. The molecule has 0 amide bonds. The van der Waals surface area contributed by atoms with Crippen molar-refractivity contribution < 1.29 is 19.1 Å². The number of hydrogen-bond acceptors (Lipinski definition) is 8. The van der Waals surface area contributed by atoms with Gasteiger partial charge in [0.1, 0.15) is 17.2 Å². The van der Waals surface area contributed by atoms with Gasteiger partial charge in [-0.05, 0) is 67.0 Å².